The van der Waals surface area contributed by atoms with E-state index in [-0.39, 0.29) is 6.42 Å². The van der Waals surface area contributed by atoms with Crippen LogP contribution in [0.1, 0.15) is 9.75 Å². The van der Waals surface area contributed by atoms with Crippen LogP contribution < -0.4 is 5.32 Å². The molecule has 0 atom stereocenters. The number of hydrogen-bond donors (Lipinski definition) is 2. The van der Waals surface area contributed by atoms with Gasteiger partial charge >= 0.3 is 5.97 Å². The summed E-state index contributed by atoms with van der Waals surface area (Å²) in [6.07, 6.45) is 0.0320. The highest BCUT2D eigenvalue weighted by molar-refractivity contribution is 7.99. The van der Waals surface area contributed by atoms with Gasteiger partial charge in [-0.15, -0.1) is 11.3 Å². The Morgan fingerprint density at radius 2 is 1.86 bits per heavy atom. The molecular formula is C14H13F2NO2S2. The van der Waals surface area contributed by atoms with Gasteiger partial charge in [-0.2, -0.15) is 8.78 Å². The van der Waals surface area contributed by atoms with Gasteiger partial charge in [-0.3, -0.25) is 4.79 Å². The molecule has 0 saturated carbocycles. The third-order valence-electron chi connectivity index (χ3n) is 2.59. The minimum atomic E-state index is -2.41. The number of benzene rings is 1. The Kier molecular flexibility index (Phi) is 5.58. The smallest absolute Gasteiger partial charge is 0.308 e. The lowest BCUT2D eigenvalue weighted by Gasteiger charge is -2.06. The Labute approximate surface area is 129 Å². The molecule has 1 aromatic heterocycles. The molecule has 2 aromatic rings. The molecule has 0 fully saturated rings. The van der Waals surface area contributed by atoms with Gasteiger partial charge in [0.2, 0.25) is 0 Å². The van der Waals surface area contributed by atoms with Gasteiger partial charge in [-0.25, -0.2) is 0 Å². The van der Waals surface area contributed by atoms with Crippen molar-refractivity contribution >= 4 is 34.8 Å². The molecule has 3 nitrogen and oxygen atoms in total. The number of alkyl halides is 2. The highest BCUT2D eigenvalue weighted by Crippen LogP contribution is 2.26. The zero-order chi connectivity index (χ0) is 15.2. The lowest BCUT2D eigenvalue weighted by atomic mass is 10.3. The predicted molar refractivity (Wildman–Crippen MR) is 81.3 cm³/mol. The van der Waals surface area contributed by atoms with Crippen molar-refractivity contribution in [1.82, 2.24) is 0 Å². The monoisotopic (exact) mass is 329 g/mol. The van der Waals surface area contributed by atoms with Gasteiger partial charge in [0.05, 0.1) is 6.42 Å². The highest BCUT2D eigenvalue weighted by atomic mass is 32.2. The molecule has 1 heterocycles. The van der Waals surface area contributed by atoms with Gasteiger partial charge in [0.15, 0.2) is 0 Å². The quantitative estimate of drug-likeness (QED) is 0.744. The largest absolute Gasteiger partial charge is 0.481 e. The van der Waals surface area contributed by atoms with Gasteiger partial charge in [0, 0.05) is 26.9 Å². The van der Waals surface area contributed by atoms with Gasteiger partial charge in [0.1, 0.15) is 0 Å². The molecule has 7 heteroatoms. The highest BCUT2D eigenvalue weighted by Gasteiger charge is 2.06. The Bertz CT molecular complexity index is 599. The van der Waals surface area contributed by atoms with E-state index in [1.165, 1.54) is 11.3 Å². The van der Waals surface area contributed by atoms with Crippen molar-refractivity contribution in [2.75, 3.05) is 5.32 Å². The number of carboxylic acids is 1. The van der Waals surface area contributed by atoms with Crippen molar-refractivity contribution in [3.8, 4) is 0 Å². The Morgan fingerprint density at radius 3 is 2.48 bits per heavy atom. The topological polar surface area (TPSA) is 49.3 Å². The summed E-state index contributed by atoms with van der Waals surface area (Å²) >= 11 is 1.96. The normalized spacial score (nSPS) is 10.8. The first-order valence-corrected chi connectivity index (χ1v) is 7.80. The molecule has 0 aliphatic heterocycles. The molecule has 0 bridgehead atoms. The maximum absolute atomic E-state index is 12.2. The molecule has 0 amide bonds. The summed E-state index contributed by atoms with van der Waals surface area (Å²) in [5.41, 5.74) is 0.835. The van der Waals surface area contributed by atoms with E-state index in [4.69, 9.17) is 5.11 Å². The van der Waals surface area contributed by atoms with Crippen LogP contribution in [0.4, 0.5) is 14.5 Å². The number of carbonyl (C=O) groups is 1. The van der Waals surface area contributed by atoms with E-state index >= 15 is 0 Å². The minimum absolute atomic E-state index is 0.0320. The van der Waals surface area contributed by atoms with Crippen LogP contribution in [0, 0.1) is 0 Å². The third-order valence-corrected chi connectivity index (χ3v) is 4.40. The molecule has 0 aliphatic carbocycles. The SMILES string of the molecule is O=C(O)Cc1ccc(CNc2ccc(SC(F)F)cc2)s1. The summed E-state index contributed by atoms with van der Waals surface area (Å²) in [5.74, 6) is -3.26. The second-order valence-corrected chi connectivity index (χ2v) is 6.51. The molecule has 0 spiro atoms. The zero-order valence-electron chi connectivity index (χ0n) is 10.9. The van der Waals surface area contributed by atoms with Crippen molar-refractivity contribution in [2.24, 2.45) is 0 Å². The van der Waals surface area contributed by atoms with Crippen LogP contribution in [-0.4, -0.2) is 16.8 Å². The average molecular weight is 329 g/mol. The molecule has 2 rings (SSSR count). The Hall–Kier alpha value is -1.60. The molecule has 0 saturated heterocycles. The second-order valence-electron chi connectivity index (χ2n) is 4.19. The number of carboxylic acid groups (broad SMARTS) is 1. The fourth-order valence-electron chi connectivity index (χ4n) is 1.70. The summed E-state index contributed by atoms with van der Waals surface area (Å²) in [4.78, 5) is 13.0. The van der Waals surface area contributed by atoms with Crippen LogP contribution in [0.3, 0.4) is 0 Å². The number of hydrogen-bond acceptors (Lipinski definition) is 4. The van der Waals surface area contributed by atoms with Crippen molar-refractivity contribution in [3.63, 3.8) is 0 Å². The number of aliphatic carboxylic acids is 1. The number of halogens is 2. The number of thiophene rings is 1. The minimum Gasteiger partial charge on any atom is -0.481 e. The maximum Gasteiger partial charge on any atom is 0.308 e. The van der Waals surface area contributed by atoms with Crippen molar-refractivity contribution in [2.45, 2.75) is 23.6 Å². The standard InChI is InChI=1S/C14H13F2NO2S2/c15-14(16)21-10-3-1-9(2-4-10)17-8-12-6-5-11(20-12)7-13(18)19/h1-6,14,17H,7-8H2,(H,18,19). The lowest BCUT2D eigenvalue weighted by molar-refractivity contribution is -0.136. The third kappa shape index (κ3) is 5.35. The average Bonchev–Trinajstić information content (AvgIpc) is 2.84. The number of anilines is 1. The summed E-state index contributed by atoms with van der Waals surface area (Å²) in [5, 5.41) is 11.9. The van der Waals surface area contributed by atoms with E-state index in [1.54, 1.807) is 30.3 Å². The lowest BCUT2D eigenvalue weighted by Crippen LogP contribution is -1.98. The maximum atomic E-state index is 12.2. The Morgan fingerprint density at radius 1 is 1.19 bits per heavy atom. The van der Waals surface area contributed by atoms with Gasteiger partial charge in [-0.05, 0) is 36.4 Å². The molecule has 0 radical (unpaired) electrons. The van der Waals surface area contributed by atoms with E-state index in [0.29, 0.717) is 23.2 Å². The van der Waals surface area contributed by atoms with Crippen molar-refractivity contribution in [3.05, 3.63) is 46.2 Å². The van der Waals surface area contributed by atoms with Crippen LogP contribution in [0.2, 0.25) is 0 Å². The van der Waals surface area contributed by atoms with Gasteiger partial charge in [0.25, 0.3) is 5.76 Å². The molecule has 2 N–H and O–H groups in total. The summed E-state index contributed by atoms with van der Waals surface area (Å²) in [6.45, 7) is 0.575. The van der Waals surface area contributed by atoms with Crippen LogP contribution in [0.5, 0.6) is 0 Å². The molecular weight excluding hydrogens is 316 g/mol. The number of rotatable bonds is 7. The molecule has 21 heavy (non-hydrogen) atoms. The summed E-state index contributed by atoms with van der Waals surface area (Å²) in [7, 11) is 0. The van der Waals surface area contributed by atoms with E-state index in [1.807, 2.05) is 6.07 Å². The molecule has 112 valence electrons. The van der Waals surface area contributed by atoms with E-state index in [9.17, 15) is 13.6 Å². The van der Waals surface area contributed by atoms with E-state index < -0.39 is 11.7 Å². The van der Waals surface area contributed by atoms with E-state index in [2.05, 4.69) is 5.32 Å². The number of nitrogens with one attached hydrogen (secondary N) is 1. The van der Waals surface area contributed by atoms with Crippen LogP contribution in [-0.2, 0) is 17.8 Å². The van der Waals surface area contributed by atoms with Crippen LogP contribution in [0.15, 0.2) is 41.3 Å². The fourth-order valence-corrected chi connectivity index (χ4v) is 3.15. The van der Waals surface area contributed by atoms with Gasteiger partial charge in [-0.1, -0.05) is 11.8 Å². The van der Waals surface area contributed by atoms with Crippen molar-refractivity contribution in [1.29, 1.82) is 0 Å². The number of thioether (sulfide) groups is 1. The molecule has 0 aliphatic rings. The van der Waals surface area contributed by atoms with Crippen molar-refractivity contribution < 1.29 is 18.7 Å². The first kappa shape index (κ1) is 15.8. The first-order chi connectivity index (χ1) is 10.0. The first-order valence-electron chi connectivity index (χ1n) is 6.11. The Balaban J connectivity index is 1.87. The van der Waals surface area contributed by atoms with Crippen LogP contribution >= 0.6 is 23.1 Å². The molecule has 0 unspecified atom stereocenters. The summed E-state index contributed by atoms with van der Waals surface area (Å²) in [6, 6.07) is 10.5. The fraction of sp³-hybridized carbons (Fsp3) is 0.214. The summed E-state index contributed by atoms with van der Waals surface area (Å²) < 4.78 is 24.4. The zero-order valence-corrected chi connectivity index (χ0v) is 12.5. The van der Waals surface area contributed by atoms with Crippen LogP contribution in [0.25, 0.3) is 0 Å². The predicted octanol–water partition coefficient (Wildman–Crippen LogP) is 4.30. The second kappa shape index (κ2) is 7.42. The molecule has 1 aromatic carbocycles. The van der Waals surface area contributed by atoms with E-state index in [0.717, 1.165) is 15.4 Å². The van der Waals surface area contributed by atoms with Gasteiger partial charge < -0.3 is 10.4 Å².